The van der Waals surface area contributed by atoms with Crippen molar-refractivity contribution in [1.29, 1.82) is 0 Å². The molecule has 0 aromatic heterocycles. The fourth-order valence-corrected chi connectivity index (χ4v) is 1.47. The molecule has 1 aromatic carbocycles. The molecule has 0 aliphatic heterocycles. The molecule has 0 N–H and O–H groups in total. The molecule has 0 heterocycles. The Kier molecular flexibility index (Phi) is 5.03. The highest BCUT2D eigenvalue weighted by Gasteiger charge is 2.17. The Bertz CT molecular complexity index is 390. The first-order valence-electron chi connectivity index (χ1n) is 6.21. The summed E-state index contributed by atoms with van der Waals surface area (Å²) < 4.78 is 18.3. The van der Waals surface area contributed by atoms with Crippen molar-refractivity contribution < 1.29 is 13.9 Å². The van der Waals surface area contributed by atoms with Crippen molar-refractivity contribution in [3.05, 3.63) is 35.6 Å². The largest absolute Gasteiger partial charge is 0.370 e. The molecule has 0 saturated carbocycles. The SMILES string of the molecule is CC(OCCC(C)(C)C)C(=O)c1ccc(F)cc1. The molecule has 0 bridgehead atoms. The zero-order valence-corrected chi connectivity index (χ0v) is 11.5. The van der Waals surface area contributed by atoms with Crippen molar-refractivity contribution in [1.82, 2.24) is 0 Å². The number of hydrogen-bond donors (Lipinski definition) is 0. The van der Waals surface area contributed by atoms with Gasteiger partial charge in [-0.15, -0.1) is 0 Å². The van der Waals surface area contributed by atoms with Crippen LogP contribution in [0.2, 0.25) is 0 Å². The number of Topliss-reactive ketones (excluding diaryl/α,β-unsaturated/α-hetero) is 1. The number of carbonyl (C=O) groups excluding carboxylic acids is 1. The van der Waals surface area contributed by atoms with Gasteiger partial charge in [-0.1, -0.05) is 20.8 Å². The molecular formula is C15H21FO2. The molecule has 1 rings (SSSR count). The van der Waals surface area contributed by atoms with Crippen molar-refractivity contribution in [3.8, 4) is 0 Å². The lowest BCUT2D eigenvalue weighted by Crippen LogP contribution is -2.23. The lowest BCUT2D eigenvalue weighted by Gasteiger charge is -2.19. The van der Waals surface area contributed by atoms with Gasteiger partial charge in [0.05, 0.1) is 0 Å². The van der Waals surface area contributed by atoms with Gasteiger partial charge < -0.3 is 4.74 Å². The summed E-state index contributed by atoms with van der Waals surface area (Å²) in [7, 11) is 0. The van der Waals surface area contributed by atoms with E-state index in [9.17, 15) is 9.18 Å². The molecule has 0 amide bonds. The third kappa shape index (κ3) is 4.96. The number of benzene rings is 1. The third-order valence-electron chi connectivity index (χ3n) is 2.72. The van der Waals surface area contributed by atoms with Gasteiger partial charge >= 0.3 is 0 Å². The number of ether oxygens (including phenoxy) is 1. The molecule has 0 spiro atoms. The Morgan fingerprint density at radius 1 is 1.28 bits per heavy atom. The molecule has 0 aliphatic carbocycles. The first kappa shape index (κ1) is 14.8. The van der Waals surface area contributed by atoms with Crippen LogP contribution in [0, 0.1) is 11.2 Å². The van der Waals surface area contributed by atoms with Gasteiger partial charge in [0, 0.05) is 12.2 Å². The molecule has 0 saturated heterocycles. The monoisotopic (exact) mass is 252 g/mol. The van der Waals surface area contributed by atoms with Gasteiger partial charge in [-0.25, -0.2) is 4.39 Å². The lowest BCUT2D eigenvalue weighted by atomic mass is 9.93. The van der Waals surface area contributed by atoms with Gasteiger partial charge in [-0.2, -0.15) is 0 Å². The van der Waals surface area contributed by atoms with E-state index in [4.69, 9.17) is 4.74 Å². The summed E-state index contributed by atoms with van der Waals surface area (Å²) in [6.07, 6.45) is 0.409. The lowest BCUT2D eigenvalue weighted by molar-refractivity contribution is 0.0394. The zero-order valence-electron chi connectivity index (χ0n) is 11.5. The summed E-state index contributed by atoms with van der Waals surface area (Å²) in [6.45, 7) is 8.67. The van der Waals surface area contributed by atoms with Crippen LogP contribution >= 0.6 is 0 Å². The minimum absolute atomic E-state index is 0.107. The van der Waals surface area contributed by atoms with Crippen molar-refractivity contribution in [2.45, 2.75) is 40.2 Å². The van der Waals surface area contributed by atoms with E-state index in [1.165, 1.54) is 24.3 Å². The zero-order chi connectivity index (χ0) is 13.8. The number of carbonyl (C=O) groups is 1. The van der Waals surface area contributed by atoms with E-state index in [1.807, 2.05) is 0 Å². The van der Waals surface area contributed by atoms with Crippen LogP contribution in [0.1, 0.15) is 44.5 Å². The first-order chi connectivity index (χ1) is 8.29. The molecule has 1 aromatic rings. The number of hydrogen-bond acceptors (Lipinski definition) is 2. The van der Waals surface area contributed by atoms with E-state index in [-0.39, 0.29) is 17.0 Å². The number of rotatable bonds is 5. The highest BCUT2D eigenvalue weighted by molar-refractivity contribution is 5.99. The highest BCUT2D eigenvalue weighted by atomic mass is 19.1. The van der Waals surface area contributed by atoms with Crippen molar-refractivity contribution in [2.24, 2.45) is 5.41 Å². The standard InChI is InChI=1S/C15H21FO2/c1-11(18-10-9-15(2,3)4)14(17)12-5-7-13(16)8-6-12/h5-8,11H,9-10H2,1-4H3. The molecule has 0 aliphatic rings. The van der Waals surface area contributed by atoms with Crippen LogP contribution in [-0.2, 0) is 4.74 Å². The van der Waals surface area contributed by atoms with Crippen molar-refractivity contribution in [3.63, 3.8) is 0 Å². The van der Waals surface area contributed by atoms with Gasteiger partial charge in [-0.05, 0) is 43.0 Å². The van der Waals surface area contributed by atoms with Crippen LogP contribution in [-0.4, -0.2) is 18.5 Å². The minimum Gasteiger partial charge on any atom is -0.370 e. The quantitative estimate of drug-likeness (QED) is 0.744. The summed E-state index contributed by atoms with van der Waals surface area (Å²) in [5.74, 6) is -0.447. The van der Waals surface area contributed by atoms with Gasteiger partial charge in [0.1, 0.15) is 11.9 Å². The van der Waals surface area contributed by atoms with E-state index in [0.717, 1.165) is 6.42 Å². The van der Waals surface area contributed by atoms with E-state index < -0.39 is 6.10 Å². The average Bonchev–Trinajstić information content (AvgIpc) is 2.27. The molecule has 100 valence electrons. The van der Waals surface area contributed by atoms with Crippen molar-refractivity contribution in [2.75, 3.05) is 6.61 Å². The molecule has 0 fully saturated rings. The molecule has 3 heteroatoms. The maximum atomic E-state index is 12.7. The van der Waals surface area contributed by atoms with Crippen LogP contribution < -0.4 is 0 Å². The molecular weight excluding hydrogens is 231 g/mol. The Labute approximate surface area is 108 Å². The Hall–Kier alpha value is -1.22. The van der Waals surface area contributed by atoms with E-state index >= 15 is 0 Å². The van der Waals surface area contributed by atoms with Gasteiger partial charge in [-0.3, -0.25) is 4.79 Å². The van der Waals surface area contributed by atoms with Crippen LogP contribution in [0.15, 0.2) is 24.3 Å². The van der Waals surface area contributed by atoms with Crippen molar-refractivity contribution >= 4 is 5.78 Å². The molecule has 1 unspecified atom stereocenters. The Morgan fingerprint density at radius 3 is 2.33 bits per heavy atom. The second kappa shape index (κ2) is 6.10. The summed E-state index contributed by atoms with van der Waals surface area (Å²) in [6, 6.07) is 5.55. The summed E-state index contributed by atoms with van der Waals surface area (Å²) in [5.41, 5.74) is 0.679. The maximum Gasteiger partial charge on any atom is 0.191 e. The van der Waals surface area contributed by atoms with Crippen LogP contribution in [0.3, 0.4) is 0 Å². The van der Waals surface area contributed by atoms with E-state index in [2.05, 4.69) is 20.8 Å². The molecule has 18 heavy (non-hydrogen) atoms. The maximum absolute atomic E-state index is 12.7. The smallest absolute Gasteiger partial charge is 0.191 e. The van der Waals surface area contributed by atoms with Crippen LogP contribution in [0.5, 0.6) is 0 Å². The fraction of sp³-hybridized carbons (Fsp3) is 0.533. The highest BCUT2D eigenvalue weighted by Crippen LogP contribution is 2.18. The Morgan fingerprint density at radius 2 is 1.83 bits per heavy atom. The third-order valence-corrected chi connectivity index (χ3v) is 2.72. The van der Waals surface area contributed by atoms with Gasteiger partial charge in [0.25, 0.3) is 0 Å². The molecule has 1 atom stereocenters. The summed E-state index contributed by atoms with van der Waals surface area (Å²) in [5, 5.41) is 0. The van der Waals surface area contributed by atoms with E-state index in [1.54, 1.807) is 6.92 Å². The normalized spacial score (nSPS) is 13.4. The summed E-state index contributed by atoms with van der Waals surface area (Å²) >= 11 is 0. The fourth-order valence-electron chi connectivity index (χ4n) is 1.47. The first-order valence-corrected chi connectivity index (χ1v) is 6.21. The average molecular weight is 252 g/mol. The predicted molar refractivity (Wildman–Crippen MR) is 70.2 cm³/mol. The summed E-state index contributed by atoms with van der Waals surface area (Å²) in [4.78, 5) is 12.0. The van der Waals surface area contributed by atoms with Crippen LogP contribution in [0.4, 0.5) is 4.39 Å². The molecule has 2 nitrogen and oxygen atoms in total. The van der Waals surface area contributed by atoms with E-state index in [0.29, 0.717) is 12.2 Å². The second-order valence-electron chi connectivity index (χ2n) is 5.69. The molecule has 0 radical (unpaired) electrons. The number of ketones is 1. The predicted octanol–water partition coefficient (Wildman–Crippen LogP) is 3.85. The van der Waals surface area contributed by atoms with Gasteiger partial charge in [0.15, 0.2) is 5.78 Å². The second-order valence-corrected chi connectivity index (χ2v) is 5.69. The minimum atomic E-state index is -0.488. The topological polar surface area (TPSA) is 26.3 Å². The Balaban J connectivity index is 2.49. The van der Waals surface area contributed by atoms with Gasteiger partial charge in [0.2, 0.25) is 0 Å². The number of halogens is 1. The van der Waals surface area contributed by atoms with Crippen LogP contribution in [0.25, 0.3) is 0 Å².